The number of nitrogens with one attached hydrogen (secondary N) is 1. The third-order valence-electron chi connectivity index (χ3n) is 2.06. The Morgan fingerprint density at radius 3 is 2.53 bits per heavy atom. The minimum atomic E-state index is -4.47. The van der Waals surface area contributed by atoms with Crippen LogP contribution in [0.15, 0.2) is 0 Å². The molecule has 0 bridgehead atoms. The van der Waals surface area contributed by atoms with Crippen molar-refractivity contribution in [1.82, 2.24) is 14.3 Å². The van der Waals surface area contributed by atoms with E-state index in [1.54, 1.807) is 0 Å². The van der Waals surface area contributed by atoms with Crippen LogP contribution in [-0.2, 0) is 6.18 Å². The van der Waals surface area contributed by atoms with Crippen molar-refractivity contribution in [2.24, 2.45) is 0 Å². The number of aromatic nitrogens is 2. The van der Waals surface area contributed by atoms with E-state index in [-0.39, 0.29) is 11.2 Å². The van der Waals surface area contributed by atoms with Gasteiger partial charge in [0.15, 0.2) is 0 Å². The van der Waals surface area contributed by atoms with Crippen LogP contribution in [0.3, 0.4) is 0 Å². The van der Waals surface area contributed by atoms with Crippen molar-refractivity contribution in [3.63, 3.8) is 0 Å². The molecule has 0 radical (unpaired) electrons. The first-order chi connectivity index (χ1) is 7.79. The Kier molecular flexibility index (Phi) is 4.70. The maximum Gasteiger partial charge on any atom is 0.452 e. The van der Waals surface area contributed by atoms with Crippen LogP contribution in [-0.4, -0.2) is 40.9 Å². The molecule has 1 aromatic rings. The number of anilines is 1. The lowest BCUT2D eigenvalue weighted by atomic mass is 10.2. The Bertz CT molecular complexity index is 350. The van der Waals surface area contributed by atoms with Crippen LogP contribution in [0.2, 0.25) is 0 Å². The third-order valence-corrected chi connectivity index (χ3v) is 2.71. The van der Waals surface area contributed by atoms with Crippen LogP contribution in [0.5, 0.6) is 0 Å². The van der Waals surface area contributed by atoms with E-state index < -0.39 is 12.0 Å². The van der Waals surface area contributed by atoms with Gasteiger partial charge in [0, 0.05) is 17.6 Å². The molecule has 1 aromatic heterocycles. The van der Waals surface area contributed by atoms with E-state index in [0.29, 0.717) is 0 Å². The lowest BCUT2D eigenvalue weighted by Gasteiger charge is -2.15. The molecule has 1 atom stereocenters. The van der Waals surface area contributed by atoms with Gasteiger partial charge in [-0.15, -0.1) is 0 Å². The van der Waals surface area contributed by atoms with Gasteiger partial charge in [-0.1, -0.05) is 0 Å². The average molecular weight is 268 g/mol. The number of rotatable bonds is 5. The van der Waals surface area contributed by atoms with Gasteiger partial charge in [-0.25, -0.2) is 0 Å². The Balaban J connectivity index is 2.49. The molecule has 0 fully saturated rings. The van der Waals surface area contributed by atoms with Crippen molar-refractivity contribution in [2.75, 3.05) is 26.0 Å². The monoisotopic (exact) mass is 268 g/mol. The van der Waals surface area contributed by atoms with E-state index in [9.17, 15) is 13.2 Å². The minimum absolute atomic E-state index is 0.0615. The maximum atomic E-state index is 12.2. The first-order valence-corrected chi connectivity index (χ1v) is 5.88. The highest BCUT2D eigenvalue weighted by Gasteiger charge is 2.36. The van der Waals surface area contributed by atoms with Crippen LogP contribution < -0.4 is 5.32 Å². The second-order valence-corrected chi connectivity index (χ2v) is 4.81. The molecule has 0 spiro atoms. The predicted octanol–water partition coefficient (Wildman–Crippen LogP) is 2.31. The minimum Gasteiger partial charge on any atom is -0.358 e. The number of nitrogens with zero attached hydrogens (tertiary/aromatic N) is 3. The lowest BCUT2D eigenvalue weighted by Crippen LogP contribution is -2.23. The molecule has 0 aromatic carbocycles. The summed E-state index contributed by atoms with van der Waals surface area (Å²) in [7, 11) is 3.89. The molecular weight excluding hydrogens is 253 g/mol. The molecule has 8 heteroatoms. The molecule has 0 aliphatic rings. The summed E-state index contributed by atoms with van der Waals surface area (Å²) in [5.74, 6) is -1.08. The molecule has 0 saturated carbocycles. The molecule has 17 heavy (non-hydrogen) atoms. The molecular formula is C9H15F3N4S. The highest BCUT2D eigenvalue weighted by molar-refractivity contribution is 7.09. The largest absolute Gasteiger partial charge is 0.452 e. The Hall–Kier alpha value is -0.890. The fourth-order valence-electron chi connectivity index (χ4n) is 1.13. The zero-order chi connectivity index (χ0) is 13.1. The van der Waals surface area contributed by atoms with Crippen molar-refractivity contribution < 1.29 is 13.2 Å². The SMILES string of the molecule is CC(CCN(C)C)Nc1nc(C(F)(F)F)ns1. The molecule has 1 rings (SSSR count). The molecule has 1 N–H and O–H groups in total. The summed E-state index contributed by atoms with van der Waals surface area (Å²) in [5, 5.41) is 3.12. The van der Waals surface area contributed by atoms with Gasteiger partial charge in [0.1, 0.15) is 0 Å². The van der Waals surface area contributed by atoms with Crippen LogP contribution in [0, 0.1) is 0 Å². The third kappa shape index (κ3) is 4.86. The molecule has 4 nitrogen and oxygen atoms in total. The number of halogens is 3. The number of hydrogen-bond acceptors (Lipinski definition) is 5. The summed E-state index contributed by atoms with van der Waals surface area (Å²) < 4.78 is 40.0. The fraction of sp³-hybridized carbons (Fsp3) is 0.778. The van der Waals surface area contributed by atoms with Crippen LogP contribution in [0.4, 0.5) is 18.3 Å². The molecule has 0 saturated heterocycles. The van der Waals surface area contributed by atoms with E-state index in [0.717, 1.165) is 24.5 Å². The first kappa shape index (κ1) is 14.2. The van der Waals surface area contributed by atoms with Crippen molar-refractivity contribution in [3.05, 3.63) is 5.82 Å². The Morgan fingerprint density at radius 2 is 2.06 bits per heavy atom. The zero-order valence-electron chi connectivity index (χ0n) is 9.88. The van der Waals surface area contributed by atoms with Gasteiger partial charge in [-0.3, -0.25) is 0 Å². The molecule has 1 unspecified atom stereocenters. The van der Waals surface area contributed by atoms with Gasteiger partial charge in [-0.05, 0) is 34.0 Å². The molecule has 98 valence electrons. The van der Waals surface area contributed by atoms with Crippen molar-refractivity contribution >= 4 is 16.7 Å². The topological polar surface area (TPSA) is 41.0 Å². The second-order valence-electron chi connectivity index (χ2n) is 4.06. The Labute approximate surface area is 102 Å². The predicted molar refractivity (Wildman–Crippen MR) is 61.2 cm³/mol. The zero-order valence-corrected chi connectivity index (χ0v) is 10.7. The fourth-order valence-corrected chi connectivity index (χ4v) is 1.83. The van der Waals surface area contributed by atoms with E-state index in [1.165, 1.54) is 0 Å². The first-order valence-electron chi connectivity index (χ1n) is 5.11. The highest BCUT2D eigenvalue weighted by Crippen LogP contribution is 2.29. The smallest absolute Gasteiger partial charge is 0.358 e. The van der Waals surface area contributed by atoms with Crippen LogP contribution in [0.25, 0.3) is 0 Å². The standard InChI is InChI=1S/C9H15F3N4S/c1-6(4-5-16(2)3)13-8-14-7(15-17-8)9(10,11)12/h6H,4-5H2,1-3H3,(H,13,14,15). The maximum absolute atomic E-state index is 12.2. The van der Waals surface area contributed by atoms with Gasteiger partial charge in [0.2, 0.25) is 11.0 Å². The quantitative estimate of drug-likeness (QED) is 0.889. The summed E-state index contributed by atoms with van der Waals surface area (Å²) in [5.41, 5.74) is 0. The van der Waals surface area contributed by atoms with E-state index >= 15 is 0 Å². The van der Waals surface area contributed by atoms with Crippen molar-refractivity contribution in [2.45, 2.75) is 25.6 Å². The molecule has 0 amide bonds. The lowest BCUT2D eigenvalue weighted by molar-refractivity contribution is -0.144. The van der Waals surface area contributed by atoms with Gasteiger partial charge < -0.3 is 10.2 Å². The normalized spacial score (nSPS) is 14.1. The molecule has 1 heterocycles. The van der Waals surface area contributed by atoms with Gasteiger partial charge in [-0.2, -0.15) is 22.5 Å². The van der Waals surface area contributed by atoms with Crippen LogP contribution in [0.1, 0.15) is 19.2 Å². The average Bonchev–Trinajstić information content (AvgIpc) is 2.62. The van der Waals surface area contributed by atoms with E-state index in [2.05, 4.69) is 14.7 Å². The number of hydrogen-bond donors (Lipinski definition) is 1. The van der Waals surface area contributed by atoms with Gasteiger partial charge in [0.25, 0.3) is 0 Å². The van der Waals surface area contributed by atoms with E-state index in [4.69, 9.17) is 0 Å². The van der Waals surface area contributed by atoms with Crippen LogP contribution >= 0.6 is 11.5 Å². The molecule has 0 aliphatic heterocycles. The Morgan fingerprint density at radius 1 is 1.41 bits per heavy atom. The van der Waals surface area contributed by atoms with Gasteiger partial charge >= 0.3 is 6.18 Å². The summed E-state index contributed by atoms with van der Waals surface area (Å²) in [6.45, 7) is 2.76. The second kappa shape index (κ2) is 5.63. The number of alkyl halides is 3. The molecule has 0 aliphatic carbocycles. The summed E-state index contributed by atoms with van der Waals surface area (Å²) in [6, 6.07) is 0.0615. The summed E-state index contributed by atoms with van der Waals surface area (Å²) >= 11 is 0.733. The highest BCUT2D eigenvalue weighted by atomic mass is 32.1. The van der Waals surface area contributed by atoms with Crippen molar-refractivity contribution in [3.8, 4) is 0 Å². The van der Waals surface area contributed by atoms with Crippen molar-refractivity contribution in [1.29, 1.82) is 0 Å². The summed E-state index contributed by atoms with van der Waals surface area (Å²) in [4.78, 5) is 5.42. The van der Waals surface area contributed by atoms with Gasteiger partial charge in [0.05, 0.1) is 0 Å². The van der Waals surface area contributed by atoms with E-state index in [1.807, 2.05) is 25.9 Å². The summed E-state index contributed by atoms with van der Waals surface area (Å²) in [6.07, 6.45) is -3.64.